The molecule has 4 nitrogen and oxygen atoms in total. The molecule has 96 valence electrons. The van der Waals surface area contributed by atoms with Crippen LogP contribution in [-0.2, 0) is 22.5 Å². The summed E-state index contributed by atoms with van der Waals surface area (Å²) in [4.78, 5) is 11.8. The zero-order valence-electron chi connectivity index (χ0n) is 10.6. The van der Waals surface area contributed by atoms with E-state index >= 15 is 0 Å². The van der Waals surface area contributed by atoms with Crippen molar-refractivity contribution in [3.05, 3.63) is 16.4 Å². The molecule has 0 aliphatic carbocycles. The molecule has 17 heavy (non-hydrogen) atoms. The molecule has 0 N–H and O–H groups in total. The highest BCUT2D eigenvalue weighted by Gasteiger charge is 2.15. The van der Waals surface area contributed by atoms with Crippen molar-refractivity contribution in [2.75, 3.05) is 13.7 Å². The lowest BCUT2D eigenvalue weighted by Gasteiger charge is -2.04. The van der Waals surface area contributed by atoms with Gasteiger partial charge < -0.3 is 4.74 Å². The fourth-order valence-corrected chi connectivity index (χ4v) is 1.93. The van der Waals surface area contributed by atoms with Crippen LogP contribution < -0.4 is 0 Å². The van der Waals surface area contributed by atoms with Crippen LogP contribution in [0.5, 0.6) is 0 Å². The first kappa shape index (κ1) is 14.2. The summed E-state index contributed by atoms with van der Waals surface area (Å²) < 4.78 is 6.72. The van der Waals surface area contributed by atoms with Crippen LogP contribution in [0.3, 0.4) is 0 Å². The van der Waals surface area contributed by atoms with Crippen molar-refractivity contribution in [2.24, 2.45) is 0 Å². The lowest BCUT2D eigenvalue weighted by molar-refractivity contribution is -0.118. The Kier molecular flexibility index (Phi) is 5.65. The Morgan fingerprint density at radius 3 is 2.82 bits per heavy atom. The maximum Gasteiger partial charge on any atom is 0.138 e. The molecule has 0 fully saturated rings. The van der Waals surface area contributed by atoms with E-state index in [0.29, 0.717) is 24.5 Å². The van der Waals surface area contributed by atoms with E-state index in [2.05, 4.69) is 5.10 Å². The maximum atomic E-state index is 11.8. The summed E-state index contributed by atoms with van der Waals surface area (Å²) >= 11 is 6.14. The number of aromatic nitrogens is 2. The van der Waals surface area contributed by atoms with Crippen molar-refractivity contribution in [1.82, 2.24) is 9.78 Å². The molecule has 1 heterocycles. The summed E-state index contributed by atoms with van der Waals surface area (Å²) in [5, 5.41) is 4.90. The van der Waals surface area contributed by atoms with Gasteiger partial charge in [0.15, 0.2) is 0 Å². The molecule has 0 atom stereocenters. The van der Waals surface area contributed by atoms with Crippen molar-refractivity contribution < 1.29 is 9.53 Å². The maximum absolute atomic E-state index is 11.8. The molecular weight excluding hydrogens is 240 g/mol. The Morgan fingerprint density at radius 1 is 1.53 bits per heavy atom. The third kappa shape index (κ3) is 3.82. The van der Waals surface area contributed by atoms with Crippen LogP contribution in [0.25, 0.3) is 0 Å². The predicted octanol–water partition coefficient (Wildman–Crippen LogP) is 2.40. The molecule has 0 spiro atoms. The molecule has 0 aliphatic heterocycles. The highest BCUT2D eigenvalue weighted by molar-refractivity contribution is 6.32. The van der Waals surface area contributed by atoms with Crippen LogP contribution in [0.15, 0.2) is 0 Å². The average molecular weight is 259 g/mol. The fraction of sp³-hybridized carbons (Fsp3) is 0.667. The molecule has 0 bridgehead atoms. The number of hydrogen-bond donors (Lipinski definition) is 0. The molecule has 1 rings (SSSR count). The van der Waals surface area contributed by atoms with Gasteiger partial charge in [0.05, 0.1) is 16.4 Å². The molecule has 5 heteroatoms. The normalized spacial score (nSPS) is 10.8. The van der Waals surface area contributed by atoms with Gasteiger partial charge in [-0.1, -0.05) is 11.6 Å². The summed E-state index contributed by atoms with van der Waals surface area (Å²) in [6, 6.07) is 0. The molecule has 0 aliphatic rings. The SMILES string of the molecule is CCn1nc(C)c(Cl)c1CC(=O)CCCOC. The number of Topliss-reactive ketones (excluding diaryl/α,β-unsaturated/α-hetero) is 1. The first-order chi connectivity index (χ1) is 8.10. The van der Waals surface area contributed by atoms with E-state index < -0.39 is 0 Å². The number of rotatable bonds is 7. The lowest BCUT2D eigenvalue weighted by Crippen LogP contribution is -2.10. The minimum atomic E-state index is 0.179. The zero-order chi connectivity index (χ0) is 12.8. The summed E-state index contributed by atoms with van der Waals surface area (Å²) in [7, 11) is 1.64. The molecule has 1 aromatic heterocycles. The number of carbonyl (C=O) groups excluding carboxylic acids is 1. The number of aryl methyl sites for hydroxylation is 2. The molecule has 0 amide bonds. The van der Waals surface area contributed by atoms with E-state index in [-0.39, 0.29) is 5.78 Å². The fourth-order valence-electron chi connectivity index (χ4n) is 1.73. The number of ketones is 1. The second kappa shape index (κ2) is 6.77. The summed E-state index contributed by atoms with van der Waals surface area (Å²) in [6.07, 6.45) is 1.64. The Balaban J connectivity index is 2.64. The summed E-state index contributed by atoms with van der Waals surface area (Å²) in [6.45, 7) is 5.19. The van der Waals surface area contributed by atoms with E-state index in [0.717, 1.165) is 24.4 Å². The Morgan fingerprint density at radius 2 is 2.24 bits per heavy atom. The van der Waals surface area contributed by atoms with Crippen LogP contribution >= 0.6 is 11.6 Å². The largest absolute Gasteiger partial charge is 0.385 e. The second-order valence-electron chi connectivity index (χ2n) is 3.97. The Hall–Kier alpha value is -0.870. The van der Waals surface area contributed by atoms with Crippen LogP contribution in [0.1, 0.15) is 31.2 Å². The van der Waals surface area contributed by atoms with E-state index in [1.807, 2.05) is 13.8 Å². The standard InChI is InChI=1S/C12H19ClN2O2/c1-4-15-11(12(13)9(2)14-15)8-10(16)6-5-7-17-3/h4-8H2,1-3H3. The lowest BCUT2D eigenvalue weighted by atomic mass is 10.1. The van der Waals surface area contributed by atoms with Crippen LogP contribution in [0.4, 0.5) is 0 Å². The smallest absolute Gasteiger partial charge is 0.138 e. The van der Waals surface area contributed by atoms with Crippen molar-refractivity contribution in [2.45, 2.75) is 39.7 Å². The summed E-state index contributed by atoms with van der Waals surface area (Å²) in [5.41, 5.74) is 1.61. The summed E-state index contributed by atoms with van der Waals surface area (Å²) in [5.74, 6) is 0.179. The van der Waals surface area contributed by atoms with Crippen LogP contribution in [0, 0.1) is 6.92 Å². The molecule has 0 saturated heterocycles. The molecule has 0 radical (unpaired) electrons. The van der Waals surface area contributed by atoms with E-state index in [1.165, 1.54) is 0 Å². The number of hydrogen-bond acceptors (Lipinski definition) is 3. The van der Waals surface area contributed by atoms with Gasteiger partial charge in [0.1, 0.15) is 5.78 Å². The molecule has 0 aromatic carbocycles. The Labute approximate surface area is 107 Å². The van der Waals surface area contributed by atoms with Gasteiger partial charge >= 0.3 is 0 Å². The monoisotopic (exact) mass is 258 g/mol. The Bertz CT molecular complexity index is 388. The minimum Gasteiger partial charge on any atom is -0.385 e. The number of nitrogens with zero attached hydrogens (tertiary/aromatic N) is 2. The topological polar surface area (TPSA) is 44.1 Å². The second-order valence-corrected chi connectivity index (χ2v) is 4.35. The molecule has 0 saturated carbocycles. The van der Waals surface area contributed by atoms with E-state index in [4.69, 9.17) is 16.3 Å². The quantitative estimate of drug-likeness (QED) is 0.706. The predicted molar refractivity (Wildman–Crippen MR) is 67.5 cm³/mol. The third-order valence-corrected chi connectivity index (χ3v) is 3.11. The van der Waals surface area contributed by atoms with Crippen LogP contribution in [-0.4, -0.2) is 29.3 Å². The van der Waals surface area contributed by atoms with Gasteiger partial charge in [0.25, 0.3) is 0 Å². The van der Waals surface area contributed by atoms with E-state index in [1.54, 1.807) is 11.8 Å². The minimum absolute atomic E-state index is 0.179. The first-order valence-corrected chi connectivity index (χ1v) is 6.20. The van der Waals surface area contributed by atoms with Crippen molar-refractivity contribution in [1.29, 1.82) is 0 Å². The van der Waals surface area contributed by atoms with Crippen molar-refractivity contribution in [3.8, 4) is 0 Å². The molecule has 1 aromatic rings. The zero-order valence-corrected chi connectivity index (χ0v) is 11.4. The van der Waals surface area contributed by atoms with Crippen molar-refractivity contribution in [3.63, 3.8) is 0 Å². The van der Waals surface area contributed by atoms with Gasteiger partial charge in [0, 0.05) is 33.1 Å². The highest BCUT2D eigenvalue weighted by atomic mass is 35.5. The molecule has 0 unspecified atom stereocenters. The van der Waals surface area contributed by atoms with E-state index in [9.17, 15) is 4.79 Å². The number of methoxy groups -OCH3 is 1. The molecular formula is C12H19ClN2O2. The average Bonchev–Trinajstić information content (AvgIpc) is 2.57. The highest BCUT2D eigenvalue weighted by Crippen LogP contribution is 2.21. The number of carbonyl (C=O) groups is 1. The van der Waals surface area contributed by atoms with Crippen molar-refractivity contribution >= 4 is 17.4 Å². The van der Waals surface area contributed by atoms with Gasteiger partial charge in [0.2, 0.25) is 0 Å². The van der Waals surface area contributed by atoms with Gasteiger partial charge in [-0.25, -0.2) is 0 Å². The van der Waals surface area contributed by atoms with Gasteiger partial charge in [-0.05, 0) is 20.3 Å². The third-order valence-electron chi connectivity index (χ3n) is 2.62. The van der Waals surface area contributed by atoms with Gasteiger partial charge in [-0.2, -0.15) is 5.10 Å². The number of ether oxygens (including phenoxy) is 1. The van der Waals surface area contributed by atoms with Crippen LogP contribution in [0.2, 0.25) is 5.02 Å². The van der Waals surface area contributed by atoms with Gasteiger partial charge in [-0.15, -0.1) is 0 Å². The van der Waals surface area contributed by atoms with Gasteiger partial charge in [-0.3, -0.25) is 9.48 Å². The number of halogens is 1. The first-order valence-electron chi connectivity index (χ1n) is 5.82.